The summed E-state index contributed by atoms with van der Waals surface area (Å²) in [7, 11) is 1.58. The van der Waals surface area contributed by atoms with E-state index < -0.39 is 11.9 Å². The van der Waals surface area contributed by atoms with Crippen molar-refractivity contribution in [2.45, 2.75) is 0 Å². The van der Waals surface area contributed by atoms with Crippen LogP contribution in [0.3, 0.4) is 0 Å². The van der Waals surface area contributed by atoms with Crippen LogP contribution in [0.1, 0.15) is 5.56 Å². The fourth-order valence-electron chi connectivity index (χ4n) is 2.23. The molecule has 1 saturated heterocycles. The Morgan fingerprint density at radius 2 is 1.70 bits per heavy atom. The zero-order chi connectivity index (χ0) is 16.4. The fraction of sp³-hybridized carbons (Fsp3) is 0.0588. The number of benzene rings is 2. The molecule has 3 rings (SSSR count). The van der Waals surface area contributed by atoms with Gasteiger partial charge in [-0.2, -0.15) is 0 Å². The van der Waals surface area contributed by atoms with Crippen molar-refractivity contribution in [3.63, 3.8) is 0 Å². The Morgan fingerprint density at radius 1 is 1.04 bits per heavy atom. The van der Waals surface area contributed by atoms with Crippen LogP contribution in [0.2, 0.25) is 5.02 Å². The van der Waals surface area contributed by atoms with Crippen molar-refractivity contribution in [1.82, 2.24) is 5.32 Å². The number of ether oxygens (including phenoxy) is 1. The van der Waals surface area contributed by atoms with E-state index in [2.05, 4.69) is 5.32 Å². The SMILES string of the molecule is COc1ccc(/C=C2/NC(=O)N(c3ccc(Cl)cc3)C2=O)cc1. The van der Waals surface area contributed by atoms with Gasteiger partial charge in [-0.25, -0.2) is 9.69 Å². The summed E-state index contributed by atoms with van der Waals surface area (Å²) in [6, 6.07) is 13.2. The van der Waals surface area contributed by atoms with E-state index in [0.717, 1.165) is 16.2 Å². The number of methoxy groups -OCH3 is 1. The number of anilines is 1. The number of rotatable bonds is 3. The maximum absolute atomic E-state index is 12.4. The van der Waals surface area contributed by atoms with Crippen LogP contribution >= 0.6 is 11.6 Å². The largest absolute Gasteiger partial charge is 0.497 e. The summed E-state index contributed by atoms with van der Waals surface area (Å²) >= 11 is 5.83. The Morgan fingerprint density at radius 3 is 2.30 bits per heavy atom. The topological polar surface area (TPSA) is 58.6 Å². The molecule has 6 heteroatoms. The maximum Gasteiger partial charge on any atom is 0.333 e. The van der Waals surface area contributed by atoms with Gasteiger partial charge in [0.15, 0.2) is 0 Å². The first-order chi connectivity index (χ1) is 11.1. The van der Waals surface area contributed by atoms with Crippen LogP contribution in [-0.2, 0) is 4.79 Å². The van der Waals surface area contributed by atoms with Gasteiger partial charge in [0, 0.05) is 5.02 Å². The van der Waals surface area contributed by atoms with Crippen molar-refractivity contribution in [2.75, 3.05) is 12.0 Å². The Kier molecular flexibility index (Phi) is 4.04. The molecule has 3 amide bonds. The van der Waals surface area contributed by atoms with Gasteiger partial charge in [-0.05, 0) is 48.0 Å². The quantitative estimate of drug-likeness (QED) is 0.693. The molecule has 1 fully saturated rings. The Hall–Kier alpha value is -2.79. The lowest BCUT2D eigenvalue weighted by Gasteiger charge is -2.11. The molecule has 0 bridgehead atoms. The molecular formula is C17H13ClN2O3. The number of hydrogen-bond donors (Lipinski definition) is 1. The summed E-state index contributed by atoms with van der Waals surface area (Å²) in [5, 5.41) is 3.12. The van der Waals surface area contributed by atoms with Gasteiger partial charge in [-0.3, -0.25) is 4.79 Å². The van der Waals surface area contributed by atoms with Crippen LogP contribution in [-0.4, -0.2) is 19.0 Å². The fourth-order valence-corrected chi connectivity index (χ4v) is 2.35. The molecule has 0 atom stereocenters. The minimum Gasteiger partial charge on any atom is -0.497 e. The molecule has 2 aromatic rings. The number of carbonyl (C=O) groups excluding carboxylic acids is 2. The Balaban J connectivity index is 1.88. The van der Waals surface area contributed by atoms with E-state index in [9.17, 15) is 9.59 Å². The number of nitrogens with zero attached hydrogens (tertiary/aromatic N) is 1. The number of urea groups is 1. The van der Waals surface area contributed by atoms with Crippen LogP contribution in [0.15, 0.2) is 54.2 Å². The van der Waals surface area contributed by atoms with E-state index >= 15 is 0 Å². The van der Waals surface area contributed by atoms with Gasteiger partial charge in [0.2, 0.25) is 0 Å². The van der Waals surface area contributed by atoms with Crippen LogP contribution in [0.4, 0.5) is 10.5 Å². The number of hydrogen-bond acceptors (Lipinski definition) is 3. The second-order valence-electron chi connectivity index (χ2n) is 4.88. The van der Waals surface area contributed by atoms with Gasteiger partial charge < -0.3 is 10.1 Å². The van der Waals surface area contributed by atoms with Crippen molar-refractivity contribution in [1.29, 1.82) is 0 Å². The molecule has 0 aromatic heterocycles. The molecule has 1 N–H and O–H groups in total. The molecule has 0 radical (unpaired) electrons. The molecule has 23 heavy (non-hydrogen) atoms. The second-order valence-corrected chi connectivity index (χ2v) is 5.31. The van der Waals surface area contributed by atoms with Gasteiger partial charge in [-0.1, -0.05) is 23.7 Å². The summed E-state index contributed by atoms with van der Waals surface area (Å²) in [5.41, 5.74) is 1.47. The molecule has 0 spiro atoms. The molecule has 5 nitrogen and oxygen atoms in total. The van der Waals surface area contributed by atoms with Crippen LogP contribution in [0, 0.1) is 0 Å². The predicted octanol–water partition coefficient (Wildman–Crippen LogP) is 3.45. The lowest BCUT2D eigenvalue weighted by molar-refractivity contribution is -0.113. The van der Waals surface area contributed by atoms with Gasteiger partial charge in [0.05, 0.1) is 12.8 Å². The summed E-state index contributed by atoms with van der Waals surface area (Å²) in [6.07, 6.45) is 1.62. The third-order valence-corrected chi connectivity index (χ3v) is 3.64. The molecule has 1 aliphatic rings. The number of imide groups is 1. The lowest BCUT2D eigenvalue weighted by atomic mass is 10.2. The average molecular weight is 329 g/mol. The molecule has 0 aliphatic carbocycles. The van der Waals surface area contributed by atoms with Crippen molar-refractivity contribution < 1.29 is 14.3 Å². The monoisotopic (exact) mass is 328 g/mol. The number of nitrogens with one attached hydrogen (secondary N) is 1. The highest BCUT2D eigenvalue weighted by molar-refractivity contribution is 6.31. The lowest BCUT2D eigenvalue weighted by Crippen LogP contribution is -2.30. The molecule has 1 aliphatic heterocycles. The molecule has 0 saturated carbocycles. The highest BCUT2D eigenvalue weighted by Crippen LogP contribution is 2.24. The zero-order valence-electron chi connectivity index (χ0n) is 12.2. The van der Waals surface area contributed by atoms with Crippen LogP contribution < -0.4 is 15.0 Å². The molecule has 116 valence electrons. The van der Waals surface area contributed by atoms with E-state index in [1.807, 2.05) is 0 Å². The third kappa shape index (κ3) is 3.05. The molecule has 2 aromatic carbocycles. The van der Waals surface area contributed by atoms with Gasteiger partial charge in [0.25, 0.3) is 5.91 Å². The molecule has 1 heterocycles. The van der Waals surface area contributed by atoms with E-state index in [0.29, 0.717) is 10.7 Å². The van der Waals surface area contributed by atoms with E-state index in [-0.39, 0.29) is 5.70 Å². The van der Waals surface area contributed by atoms with E-state index in [4.69, 9.17) is 16.3 Å². The second kappa shape index (κ2) is 6.14. The van der Waals surface area contributed by atoms with Gasteiger partial charge in [0.1, 0.15) is 11.4 Å². The average Bonchev–Trinajstić information content (AvgIpc) is 2.83. The van der Waals surface area contributed by atoms with Crippen molar-refractivity contribution in [2.24, 2.45) is 0 Å². The Labute approximate surface area is 138 Å². The van der Waals surface area contributed by atoms with Crippen molar-refractivity contribution in [3.8, 4) is 5.75 Å². The number of amides is 3. The van der Waals surface area contributed by atoms with Crippen molar-refractivity contribution in [3.05, 3.63) is 64.8 Å². The molecule has 0 unspecified atom stereocenters. The smallest absolute Gasteiger partial charge is 0.333 e. The van der Waals surface area contributed by atoms with Gasteiger partial charge in [-0.15, -0.1) is 0 Å². The van der Waals surface area contributed by atoms with Crippen LogP contribution in [0.5, 0.6) is 5.75 Å². The van der Waals surface area contributed by atoms with Gasteiger partial charge >= 0.3 is 6.03 Å². The molecular weight excluding hydrogens is 316 g/mol. The maximum atomic E-state index is 12.4. The minimum absolute atomic E-state index is 0.218. The Bertz CT molecular complexity index is 782. The summed E-state index contributed by atoms with van der Waals surface area (Å²) in [6.45, 7) is 0. The first kappa shape index (κ1) is 15.1. The highest BCUT2D eigenvalue weighted by atomic mass is 35.5. The normalized spacial score (nSPS) is 15.9. The van der Waals surface area contributed by atoms with Crippen molar-refractivity contribution >= 4 is 35.3 Å². The first-order valence-electron chi connectivity index (χ1n) is 6.85. The summed E-state index contributed by atoms with van der Waals surface area (Å²) in [4.78, 5) is 25.6. The first-order valence-corrected chi connectivity index (χ1v) is 7.23. The standard InChI is InChI=1S/C17H13ClN2O3/c1-23-14-8-2-11(3-9-14)10-15-16(21)20(17(22)19-15)13-6-4-12(18)5-7-13/h2-10H,1H3,(H,19,22)/b15-10+. The summed E-state index contributed by atoms with van der Waals surface area (Å²) < 4.78 is 5.09. The third-order valence-electron chi connectivity index (χ3n) is 3.39. The number of halogens is 1. The zero-order valence-corrected chi connectivity index (χ0v) is 13.0. The predicted molar refractivity (Wildman–Crippen MR) is 88.4 cm³/mol. The minimum atomic E-state index is -0.489. The number of carbonyl (C=O) groups is 2. The highest BCUT2D eigenvalue weighted by Gasteiger charge is 2.34. The van der Waals surface area contributed by atoms with E-state index in [1.165, 1.54) is 0 Å². The summed E-state index contributed by atoms with van der Waals surface area (Å²) in [5.74, 6) is 0.310. The van der Waals surface area contributed by atoms with E-state index in [1.54, 1.807) is 61.7 Å². The van der Waals surface area contributed by atoms with Crippen LogP contribution in [0.25, 0.3) is 6.08 Å².